The second-order valence-corrected chi connectivity index (χ2v) is 10.3. The molecule has 4 atom stereocenters. The van der Waals surface area contributed by atoms with E-state index in [4.69, 9.17) is 0 Å². The lowest BCUT2D eigenvalue weighted by Gasteiger charge is -2.15. The largest absolute Gasteiger partial charge is 0.258 e. The second-order valence-electron chi connectivity index (χ2n) is 3.90. The Morgan fingerprint density at radius 1 is 0.867 bits per heavy atom. The first-order valence-corrected chi connectivity index (χ1v) is 9.38. The van der Waals surface area contributed by atoms with Crippen molar-refractivity contribution in [3.8, 4) is 0 Å². The summed E-state index contributed by atoms with van der Waals surface area (Å²) in [7, 11) is -5.96. The summed E-state index contributed by atoms with van der Waals surface area (Å²) >= 11 is 0. The molecule has 15 heavy (non-hydrogen) atoms. The predicted molar refractivity (Wildman–Crippen MR) is 61.0 cm³/mol. The number of hydrogen-bond donors (Lipinski definition) is 0. The van der Waals surface area contributed by atoms with Gasteiger partial charge in [0, 0.05) is 33.1 Å². The Balaban J connectivity index is 2.26. The third kappa shape index (κ3) is 2.06. The van der Waals surface area contributed by atoms with Gasteiger partial charge in [-0.05, 0) is 25.7 Å². The third-order valence-electron chi connectivity index (χ3n) is 2.89. The molecule has 7 heteroatoms. The van der Waals surface area contributed by atoms with E-state index in [1.165, 1.54) is 0 Å². The lowest BCUT2D eigenvalue weighted by molar-refractivity contribution is 0.583. The molecule has 88 valence electrons. The fraction of sp³-hybridized carbons (Fsp3) is 1.00. The van der Waals surface area contributed by atoms with Crippen molar-refractivity contribution in [3.05, 3.63) is 0 Å². The van der Waals surface area contributed by atoms with E-state index in [2.05, 4.69) is 0 Å². The maximum absolute atomic E-state index is 12.1. The van der Waals surface area contributed by atoms with Gasteiger partial charge in [-0.3, -0.25) is 8.42 Å². The van der Waals surface area contributed by atoms with Crippen LogP contribution in [-0.4, -0.2) is 37.5 Å². The first-order chi connectivity index (χ1) is 7.03. The van der Waals surface area contributed by atoms with Crippen LogP contribution in [0.4, 0.5) is 0 Å². The van der Waals surface area contributed by atoms with Gasteiger partial charge in [-0.25, -0.2) is 8.42 Å². The first-order valence-electron chi connectivity index (χ1n) is 5.00. The molecule has 2 aliphatic rings. The molecule has 2 rings (SSSR count). The minimum absolute atomic E-state index is 0.475. The van der Waals surface area contributed by atoms with Crippen LogP contribution in [0.1, 0.15) is 25.7 Å². The van der Waals surface area contributed by atoms with Gasteiger partial charge in [-0.2, -0.15) is 0 Å². The smallest absolute Gasteiger partial charge is 0.179 e. The van der Waals surface area contributed by atoms with E-state index in [0.717, 1.165) is 0 Å². The van der Waals surface area contributed by atoms with Gasteiger partial charge in [0.1, 0.15) is 9.16 Å². The molecule has 0 bridgehead atoms. The molecule has 4 nitrogen and oxygen atoms in total. The van der Waals surface area contributed by atoms with Gasteiger partial charge in [0.05, 0.1) is 0 Å². The van der Waals surface area contributed by atoms with Crippen molar-refractivity contribution in [2.45, 2.75) is 34.8 Å². The molecule has 0 aliphatic carbocycles. The number of hydrogen-bond acceptors (Lipinski definition) is 4. The van der Waals surface area contributed by atoms with E-state index in [1.54, 1.807) is 0 Å². The highest BCUT2D eigenvalue weighted by Crippen LogP contribution is 2.31. The second kappa shape index (κ2) is 4.25. The van der Waals surface area contributed by atoms with Gasteiger partial charge in [-0.1, -0.05) is 0 Å². The highest BCUT2D eigenvalue weighted by molar-refractivity contribution is 8.13. The summed E-state index contributed by atoms with van der Waals surface area (Å²) in [5, 5.41) is 0. The molecule has 0 saturated carbocycles. The SMILES string of the molecule is O=S1CCCC1S(=O)(=O)C1CCCS1=O. The molecule has 2 heterocycles. The van der Waals surface area contributed by atoms with Crippen molar-refractivity contribution in [2.24, 2.45) is 0 Å². The van der Waals surface area contributed by atoms with E-state index >= 15 is 0 Å². The van der Waals surface area contributed by atoms with E-state index in [9.17, 15) is 16.8 Å². The summed E-state index contributed by atoms with van der Waals surface area (Å²) in [5.74, 6) is 0.951. The summed E-state index contributed by atoms with van der Waals surface area (Å²) in [4.78, 5) is 0. The Kier molecular flexibility index (Phi) is 3.33. The molecule has 0 amide bonds. The quantitative estimate of drug-likeness (QED) is 0.715. The maximum atomic E-state index is 12.1. The molecule has 4 unspecified atom stereocenters. The minimum Gasteiger partial charge on any atom is -0.258 e. The molecule has 0 radical (unpaired) electrons. The molecule has 0 aromatic heterocycles. The standard InChI is InChI=1S/C8H14O4S3/c9-13-5-1-3-7(13)15(11,12)8-4-2-6-14(8)10/h7-8H,1-6H2. The topological polar surface area (TPSA) is 68.3 Å². The summed E-state index contributed by atoms with van der Waals surface area (Å²) < 4.78 is 45.7. The minimum atomic E-state index is -3.44. The van der Waals surface area contributed by atoms with Crippen LogP contribution in [-0.2, 0) is 31.4 Å². The van der Waals surface area contributed by atoms with E-state index in [1.807, 2.05) is 0 Å². The Morgan fingerprint density at radius 3 is 1.53 bits per heavy atom. The normalized spacial score (nSPS) is 42.1. The lowest BCUT2D eigenvalue weighted by atomic mass is 10.4. The zero-order valence-electron chi connectivity index (χ0n) is 8.26. The lowest BCUT2D eigenvalue weighted by Crippen LogP contribution is -2.33. The molecule has 0 aromatic rings. The van der Waals surface area contributed by atoms with Gasteiger partial charge < -0.3 is 0 Å². The number of rotatable bonds is 2. The van der Waals surface area contributed by atoms with Crippen LogP contribution in [0.15, 0.2) is 0 Å². The van der Waals surface area contributed by atoms with Crippen LogP contribution in [0.5, 0.6) is 0 Å². The molecule has 2 fully saturated rings. The number of sulfone groups is 1. The zero-order chi connectivity index (χ0) is 11.1. The van der Waals surface area contributed by atoms with Gasteiger partial charge in [-0.15, -0.1) is 0 Å². The third-order valence-corrected chi connectivity index (χ3v) is 10.8. The van der Waals surface area contributed by atoms with Crippen molar-refractivity contribution in [3.63, 3.8) is 0 Å². The van der Waals surface area contributed by atoms with Gasteiger partial charge in [0.2, 0.25) is 0 Å². The molecular weight excluding hydrogens is 256 g/mol. The zero-order valence-corrected chi connectivity index (χ0v) is 10.7. The van der Waals surface area contributed by atoms with E-state index < -0.39 is 40.6 Å². The monoisotopic (exact) mass is 270 g/mol. The maximum Gasteiger partial charge on any atom is 0.179 e. The summed E-state index contributed by atoms with van der Waals surface area (Å²) in [6, 6.07) is 0. The van der Waals surface area contributed by atoms with Crippen LogP contribution >= 0.6 is 0 Å². The van der Waals surface area contributed by atoms with Gasteiger partial charge >= 0.3 is 0 Å². The van der Waals surface area contributed by atoms with Crippen LogP contribution < -0.4 is 0 Å². The van der Waals surface area contributed by atoms with Crippen molar-refractivity contribution >= 4 is 31.4 Å². The summed E-state index contributed by atoms with van der Waals surface area (Å²) in [6.45, 7) is 0. The summed E-state index contributed by atoms with van der Waals surface area (Å²) in [6.07, 6.45) is 2.36. The highest BCUT2D eigenvalue weighted by atomic mass is 32.3. The Labute approximate surface area is 94.7 Å². The molecule has 0 N–H and O–H groups in total. The molecule has 2 saturated heterocycles. The van der Waals surface area contributed by atoms with Crippen LogP contribution in [0.2, 0.25) is 0 Å². The van der Waals surface area contributed by atoms with Crippen molar-refractivity contribution in [1.82, 2.24) is 0 Å². The molecule has 0 aromatic carbocycles. The van der Waals surface area contributed by atoms with Crippen LogP contribution in [0.25, 0.3) is 0 Å². The predicted octanol–water partition coefficient (Wildman–Crippen LogP) is 0.138. The first kappa shape index (κ1) is 11.7. The molecular formula is C8H14O4S3. The Morgan fingerprint density at radius 2 is 1.27 bits per heavy atom. The van der Waals surface area contributed by atoms with Crippen molar-refractivity contribution in [2.75, 3.05) is 11.5 Å². The fourth-order valence-corrected chi connectivity index (χ4v) is 9.71. The van der Waals surface area contributed by atoms with Gasteiger partial charge in [0.25, 0.3) is 0 Å². The average molecular weight is 270 g/mol. The van der Waals surface area contributed by atoms with E-state index in [-0.39, 0.29) is 0 Å². The van der Waals surface area contributed by atoms with Crippen molar-refractivity contribution in [1.29, 1.82) is 0 Å². The highest BCUT2D eigenvalue weighted by Gasteiger charge is 2.44. The summed E-state index contributed by atoms with van der Waals surface area (Å²) in [5.41, 5.74) is 0. The molecule has 2 aliphatic heterocycles. The average Bonchev–Trinajstić information content (AvgIpc) is 2.73. The van der Waals surface area contributed by atoms with E-state index in [0.29, 0.717) is 37.2 Å². The molecule has 0 spiro atoms. The van der Waals surface area contributed by atoms with Crippen LogP contribution in [0, 0.1) is 0 Å². The van der Waals surface area contributed by atoms with Crippen molar-refractivity contribution < 1.29 is 16.8 Å². The van der Waals surface area contributed by atoms with Crippen LogP contribution in [0.3, 0.4) is 0 Å². The fourth-order valence-electron chi connectivity index (χ4n) is 2.11. The van der Waals surface area contributed by atoms with Gasteiger partial charge in [0.15, 0.2) is 9.84 Å². The Hall–Kier alpha value is 0.250. The Bertz CT molecular complexity index is 368.